The van der Waals surface area contributed by atoms with Gasteiger partial charge in [-0.25, -0.2) is 4.68 Å². The Morgan fingerprint density at radius 1 is 1.15 bits per heavy atom. The van der Waals surface area contributed by atoms with Crippen molar-refractivity contribution in [1.29, 1.82) is 0 Å². The number of ether oxygens (including phenoxy) is 1. The van der Waals surface area contributed by atoms with E-state index in [1.165, 1.54) is 4.68 Å². The molecule has 0 unspecified atom stereocenters. The Morgan fingerprint density at radius 3 is 2.59 bits per heavy atom. The van der Waals surface area contributed by atoms with Crippen molar-refractivity contribution in [3.8, 4) is 0 Å². The van der Waals surface area contributed by atoms with Crippen LogP contribution in [0.4, 0.5) is 5.69 Å². The first-order valence-corrected chi connectivity index (χ1v) is 9.31. The van der Waals surface area contributed by atoms with E-state index in [9.17, 15) is 9.59 Å². The first-order chi connectivity index (χ1) is 13.1. The van der Waals surface area contributed by atoms with Gasteiger partial charge in [-0.15, -0.1) is 0 Å². The molecule has 0 spiro atoms. The van der Waals surface area contributed by atoms with Gasteiger partial charge in [-0.3, -0.25) is 9.59 Å². The molecule has 1 aromatic carbocycles. The van der Waals surface area contributed by atoms with Gasteiger partial charge in [-0.2, -0.15) is 5.10 Å². The van der Waals surface area contributed by atoms with E-state index in [1.54, 1.807) is 19.3 Å². The summed E-state index contributed by atoms with van der Waals surface area (Å²) in [4.78, 5) is 28.1. The Labute approximate surface area is 159 Å². The third-order valence-corrected chi connectivity index (χ3v) is 4.74. The van der Waals surface area contributed by atoms with Crippen molar-refractivity contribution in [3.63, 3.8) is 0 Å². The quantitative estimate of drug-likeness (QED) is 0.690. The summed E-state index contributed by atoms with van der Waals surface area (Å²) in [5.41, 5.74) is 1.84. The van der Waals surface area contributed by atoms with Gasteiger partial charge in [-0.1, -0.05) is 30.3 Å². The molecule has 2 heterocycles. The molecule has 7 nitrogen and oxygen atoms in total. The molecule has 1 amide bonds. The highest BCUT2D eigenvalue weighted by Gasteiger charge is 2.21. The number of rotatable bonds is 7. The molecule has 0 saturated carbocycles. The number of carbonyl (C=O) groups excluding carboxylic acids is 1. The van der Waals surface area contributed by atoms with Crippen molar-refractivity contribution in [2.24, 2.45) is 7.05 Å². The van der Waals surface area contributed by atoms with E-state index in [-0.39, 0.29) is 11.5 Å². The molecule has 1 aromatic heterocycles. The van der Waals surface area contributed by atoms with Gasteiger partial charge in [0.15, 0.2) is 0 Å². The fraction of sp³-hybridized carbons (Fsp3) is 0.450. The summed E-state index contributed by atoms with van der Waals surface area (Å²) in [7, 11) is 1.63. The lowest BCUT2D eigenvalue weighted by Gasteiger charge is -2.36. The summed E-state index contributed by atoms with van der Waals surface area (Å²) in [6.45, 7) is 3.92. The number of aromatic nitrogens is 2. The molecule has 3 rings (SSSR count). The molecule has 0 atom stereocenters. The van der Waals surface area contributed by atoms with Gasteiger partial charge in [0.1, 0.15) is 0 Å². The molecule has 1 fully saturated rings. The number of hydrogen-bond acceptors (Lipinski definition) is 5. The predicted octanol–water partition coefficient (Wildman–Crippen LogP) is 1.43. The average molecular weight is 370 g/mol. The number of amides is 1. The van der Waals surface area contributed by atoms with Crippen LogP contribution in [-0.2, 0) is 23.2 Å². The van der Waals surface area contributed by atoms with Crippen LogP contribution in [0.1, 0.15) is 18.4 Å². The maximum atomic E-state index is 12.4. The second-order valence-corrected chi connectivity index (χ2v) is 6.69. The minimum absolute atomic E-state index is 0.124. The van der Waals surface area contributed by atoms with Crippen LogP contribution in [0.2, 0.25) is 0 Å². The number of anilines is 1. The molecule has 7 heteroatoms. The van der Waals surface area contributed by atoms with E-state index in [0.717, 1.165) is 17.7 Å². The highest BCUT2D eigenvalue weighted by atomic mass is 16.5. The molecule has 1 aliphatic rings. The summed E-state index contributed by atoms with van der Waals surface area (Å²) < 4.78 is 6.94. The zero-order valence-corrected chi connectivity index (χ0v) is 15.7. The van der Waals surface area contributed by atoms with Crippen molar-refractivity contribution in [3.05, 3.63) is 58.5 Å². The average Bonchev–Trinajstić information content (AvgIpc) is 2.70. The molecule has 0 radical (unpaired) electrons. The van der Waals surface area contributed by atoms with E-state index in [0.29, 0.717) is 45.8 Å². The summed E-state index contributed by atoms with van der Waals surface area (Å²) in [5, 5.41) is 4.06. The molecule has 144 valence electrons. The second kappa shape index (κ2) is 9.32. The Kier molecular flexibility index (Phi) is 6.59. The molecule has 0 bridgehead atoms. The van der Waals surface area contributed by atoms with Crippen LogP contribution in [0.5, 0.6) is 0 Å². The summed E-state index contributed by atoms with van der Waals surface area (Å²) in [6.07, 6.45) is 2.93. The number of nitrogens with zero attached hydrogens (tertiary/aromatic N) is 4. The normalized spacial score (nSPS) is 14.4. The molecule has 0 aliphatic carbocycles. The van der Waals surface area contributed by atoms with E-state index in [2.05, 4.69) is 10.00 Å². The van der Waals surface area contributed by atoms with Crippen LogP contribution in [-0.4, -0.2) is 53.4 Å². The third-order valence-electron chi connectivity index (χ3n) is 4.74. The number of benzene rings is 1. The number of piperazine rings is 1. The van der Waals surface area contributed by atoms with Crippen LogP contribution in [0.25, 0.3) is 0 Å². The van der Waals surface area contributed by atoms with Gasteiger partial charge in [0.25, 0.3) is 5.56 Å². The number of aryl methyl sites for hydroxylation is 1. The molecule has 2 aromatic rings. The molecule has 1 saturated heterocycles. The third kappa shape index (κ3) is 5.40. The monoisotopic (exact) mass is 370 g/mol. The van der Waals surface area contributed by atoms with Crippen LogP contribution in [0, 0.1) is 0 Å². The van der Waals surface area contributed by atoms with Gasteiger partial charge in [0.2, 0.25) is 5.91 Å². The van der Waals surface area contributed by atoms with Gasteiger partial charge >= 0.3 is 0 Å². The van der Waals surface area contributed by atoms with Crippen molar-refractivity contribution in [1.82, 2.24) is 14.7 Å². The first kappa shape index (κ1) is 19.1. The van der Waals surface area contributed by atoms with Gasteiger partial charge < -0.3 is 14.5 Å². The van der Waals surface area contributed by atoms with Crippen LogP contribution < -0.4 is 10.5 Å². The number of hydrogen-bond donors (Lipinski definition) is 0. The standard InChI is InChI=1S/C20H26N4O3/c1-22-20(26)14-18(15-21-22)23-9-11-24(12-10-23)19(25)8-5-13-27-16-17-6-3-2-4-7-17/h2-4,6-7,14-15H,5,8-13,16H2,1H3. The fourth-order valence-electron chi connectivity index (χ4n) is 3.09. The molecule has 0 N–H and O–H groups in total. The molecule has 27 heavy (non-hydrogen) atoms. The highest BCUT2D eigenvalue weighted by Crippen LogP contribution is 2.14. The van der Waals surface area contributed by atoms with Crippen molar-refractivity contribution >= 4 is 11.6 Å². The lowest BCUT2D eigenvalue weighted by molar-refractivity contribution is -0.131. The Hall–Kier alpha value is -2.67. The van der Waals surface area contributed by atoms with E-state index in [4.69, 9.17) is 4.74 Å². The largest absolute Gasteiger partial charge is 0.377 e. The second-order valence-electron chi connectivity index (χ2n) is 6.69. The Bertz CT molecular complexity index is 798. The van der Waals surface area contributed by atoms with Crippen molar-refractivity contribution < 1.29 is 9.53 Å². The Balaban J connectivity index is 1.36. The Morgan fingerprint density at radius 2 is 1.89 bits per heavy atom. The van der Waals surface area contributed by atoms with Gasteiger partial charge in [-0.05, 0) is 12.0 Å². The van der Waals surface area contributed by atoms with Crippen LogP contribution in [0.15, 0.2) is 47.4 Å². The minimum atomic E-state index is -0.124. The molecular formula is C20H26N4O3. The number of carbonyl (C=O) groups is 1. The van der Waals surface area contributed by atoms with Crippen molar-refractivity contribution in [2.75, 3.05) is 37.7 Å². The zero-order valence-electron chi connectivity index (χ0n) is 15.7. The SMILES string of the molecule is Cn1ncc(N2CCN(C(=O)CCCOCc3ccccc3)CC2)cc1=O. The van der Waals surface area contributed by atoms with E-state index in [1.807, 2.05) is 35.2 Å². The molecule has 1 aliphatic heterocycles. The highest BCUT2D eigenvalue weighted by molar-refractivity contribution is 5.76. The molecular weight excluding hydrogens is 344 g/mol. The first-order valence-electron chi connectivity index (χ1n) is 9.31. The summed E-state index contributed by atoms with van der Waals surface area (Å²) >= 11 is 0. The summed E-state index contributed by atoms with van der Waals surface area (Å²) in [5.74, 6) is 0.167. The lowest BCUT2D eigenvalue weighted by atomic mass is 10.2. The van der Waals surface area contributed by atoms with Crippen LogP contribution in [0.3, 0.4) is 0 Å². The van der Waals surface area contributed by atoms with E-state index < -0.39 is 0 Å². The minimum Gasteiger partial charge on any atom is -0.377 e. The smallest absolute Gasteiger partial charge is 0.268 e. The maximum Gasteiger partial charge on any atom is 0.268 e. The van der Waals surface area contributed by atoms with E-state index >= 15 is 0 Å². The van der Waals surface area contributed by atoms with Crippen molar-refractivity contribution in [2.45, 2.75) is 19.4 Å². The fourth-order valence-corrected chi connectivity index (χ4v) is 3.09. The maximum absolute atomic E-state index is 12.4. The summed E-state index contributed by atoms with van der Waals surface area (Å²) in [6, 6.07) is 11.6. The predicted molar refractivity (Wildman–Crippen MR) is 104 cm³/mol. The van der Waals surface area contributed by atoms with Gasteiger partial charge in [0, 0.05) is 52.3 Å². The lowest BCUT2D eigenvalue weighted by Crippen LogP contribution is -2.49. The zero-order chi connectivity index (χ0) is 19.1. The topological polar surface area (TPSA) is 67.7 Å². The van der Waals surface area contributed by atoms with Crippen LogP contribution >= 0.6 is 0 Å². The van der Waals surface area contributed by atoms with Gasteiger partial charge in [0.05, 0.1) is 18.5 Å².